The lowest BCUT2D eigenvalue weighted by molar-refractivity contribution is 0.00578. The predicted octanol–water partition coefficient (Wildman–Crippen LogP) is 7.37. The molecule has 0 aromatic heterocycles. The van der Waals surface area contributed by atoms with Gasteiger partial charge in [-0.3, -0.25) is 0 Å². The maximum Gasteiger partial charge on any atom is 0.494 e. The number of benzene rings is 5. The largest absolute Gasteiger partial charge is 0.494 e. The molecule has 1 unspecified atom stereocenters. The topological polar surface area (TPSA) is 42.2 Å². The van der Waals surface area contributed by atoms with Gasteiger partial charge >= 0.3 is 7.12 Å². The highest BCUT2D eigenvalue weighted by molar-refractivity contribution is 6.62. The van der Waals surface area contributed by atoms with Crippen LogP contribution in [-0.4, -0.2) is 18.3 Å². The Morgan fingerprint density at radius 2 is 1.30 bits per heavy atom. The summed E-state index contributed by atoms with van der Waals surface area (Å²) >= 11 is 0. The van der Waals surface area contributed by atoms with Crippen molar-refractivity contribution in [3.63, 3.8) is 0 Å². The minimum absolute atomic E-state index is 0.431. The summed E-state index contributed by atoms with van der Waals surface area (Å²) in [7, 11) is -0.467. The van der Waals surface area contributed by atoms with Gasteiger partial charge in [0.2, 0.25) is 0 Å². The molecular formula is C36H30BNO2. The van der Waals surface area contributed by atoms with Gasteiger partial charge in [-0.15, -0.1) is 0 Å². The van der Waals surface area contributed by atoms with Gasteiger partial charge in [-0.05, 0) is 89.4 Å². The number of nitrogens with zero attached hydrogens (tertiary/aromatic N) is 1. The van der Waals surface area contributed by atoms with E-state index in [2.05, 4.69) is 131 Å². The van der Waals surface area contributed by atoms with Crippen molar-refractivity contribution in [3.8, 4) is 17.2 Å². The van der Waals surface area contributed by atoms with Crippen molar-refractivity contribution in [2.45, 2.75) is 44.3 Å². The van der Waals surface area contributed by atoms with Crippen molar-refractivity contribution in [1.82, 2.24) is 0 Å². The second-order valence-corrected chi connectivity index (χ2v) is 11.9. The van der Waals surface area contributed by atoms with Gasteiger partial charge in [0.25, 0.3) is 0 Å². The molecule has 40 heavy (non-hydrogen) atoms. The molecule has 1 fully saturated rings. The Balaban J connectivity index is 1.57. The molecule has 1 saturated heterocycles. The molecule has 0 N–H and O–H groups in total. The molecule has 2 aliphatic rings. The average Bonchev–Trinajstić information content (AvgIpc) is 3.40. The zero-order chi connectivity index (χ0) is 27.7. The van der Waals surface area contributed by atoms with Gasteiger partial charge in [0.1, 0.15) is 0 Å². The van der Waals surface area contributed by atoms with E-state index in [1.807, 2.05) is 12.1 Å². The van der Waals surface area contributed by atoms with Crippen LogP contribution in [0, 0.1) is 11.3 Å². The second-order valence-electron chi connectivity index (χ2n) is 11.9. The lowest BCUT2D eigenvalue weighted by Gasteiger charge is -2.34. The van der Waals surface area contributed by atoms with Crippen LogP contribution >= 0.6 is 0 Å². The minimum Gasteiger partial charge on any atom is -0.399 e. The van der Waals surface area contributed by atoms with Crippen LogP contribution in [0.15, 0.2) is 109 Å². The molecular weight excluding hydrogens is 489 g/mol. The number of rotatable bonds is 3. The van der Waals surface area contributed by atoms with Crippen molar-refractivity contribution in [2.75, 3.05) is 0 Å². The van der Waals surface area contributed by atoms with Crippen molar-refractivity contribution >= 4 is 23.4 Å². The highest BCUT2D eigenvalue weighted by Crippen LogP contribution is 2.57. The molecule has 5 aromatic rings. The van der Waals surface area contributed by atoms with Gasteiger partial charge in [0.05, 0.1) is 28.2 Å². The van der Waals surface area contributed by atoms with E-state index in [-0.39, 0.29) is 0 Å². The number of hydrogen-bond donors (Lipinski definition) is 0. The lowest BCUT2D eigenvalue weighted by atomic mass is 9.66. The van der Waals surface area contributed by atoms with Crippen LogP contribution < -0.4 is 5.46 Å². The van der Waals surface area contributed by atoms with Crippen LogP contribution in [-0.2, 0) is 14.7 Å². The van der Waals surface area contributed by atoms with Gasteiger partial charge in [-0.2, -0.15) is 5.26 Å². The summed E-state index contributed by atoms with van der Waals surface area (Å²) in [5.41, 5.74) is 7.41. The van der Waals surface area contributed by atoms with Crippen LogP contribution in [0.2, 0.25) is 0 Å². The first kappa shape index (κ1) is 24.8. The van der Waals surface area contributed by atoms with Crippen LogP contribution in [0.4, 0.5) is 0 Å². The van der Waals surface area contributed by atoms with Crippen molar-refractivity contribution < 1.29 is 9.31 Å². The molecule has 0 amide bonds. The Kier molecular flexibility index (Phi) is 5.38. The van der Waals surface area contributed by atoms with Crippen LogP contribution in [0.25, 0.3) is 21.9 Å². The van der Waals surface area contributed by atoms with Crippen molar-refractivity contribution in [1.29, 1.82) is 5.26 Å². The van der Waals surface area contributed by atoms with Crippen LogP contribution in [0.5, 0.6) is 0 Å². The van der Waals surface area contributed by atoms with E-state index < -0.39 is 23.7 Å². The molecule has 0 bridgehead atoms. The summed E-state index contributed by atoms with van der Waals surface area (Å²) in [5, 5.41) is 12.0. The summed E-state index contributed by atoms with van der Waals surface area (Å²) in [6.07, 6.45) is 0. The number of nitriles is 1. The van der Waals surface area contributed by atoms with Gasteiger partial charge in [0, 0.05) is 0 Å². The Bertz CT molecular complexity index is 1800. The van der Waals surface area contributed by atoms with Gasteiger partial charge in [0.15, 0.2) is 0 Å². The summed E-state index contributed by atoms with van der Waals surface area (Å²) < 4.78 is 13.0. The SMILES string of the molecule is CC1(C)OB(c2ccc3c(c2)C(c2ccccc2)(c2ccc(C#N)cc2)c2ccc4ccccc4c2-3)OC1(C)C. The molecule has 7 rings (SSSR count). The second kappa shape index (κ2) is 8.67. The Morgan fingerprint density at radius 3 is 2.00 bits per heavy atom. The molecule has 1 aliphatic heterocycles. The maximum atomic E-state index is 9.57. The smallest absolute Gasteiger partial charge is 0.399 e. The first-order valence-electron chi connectivity index (χ1n) is 13.9. The Morgan fingerprint density at radius 1 is 0.650 bits per heavy atom. The zero-order valence-corrected chi connectivity index (χ0v) is 23.2. The Labute approximate surface area is 236 Å². The van der Waals surface area contributed by atoms with Gasteiger partial charge < -0.3 is 9.31 Å². The molecule has 3 nitrogen and oxygen atoms in total. The number of fused-ring (bicyclic) bond motifs is 5. The fourth-order valence-electron chi connectivity index (χ4n) is 6.51. The molecule has 0 radical (unpaired) electrons. The third kappa shape index (κ3) is 3.38. The number of hydrogen-bond acceptors (Lipinski definition) is 3. The van der Waals surface area contributed by atoms with E-state index in [9.17, 15) is 5.26 Å². The molecule has 0 spiro atoms. The van der Waals surface area contributed by atoms with Gasteiger partial charge in [-0.1, -0.05) is 97.1 Å². The maximum absolute atomic E-state index is 9.57. The zero-order valence-electron chi connectivity index (χ0n) is 23.2. The standard InChI is InChI=1S/C36H30BNO2/c1-34(2)35(3,4)40-37(39-34)28-19-20-30-32(22-28)36(26-11-6-5-7-12-26,27-17-14-24(23-38)15-18-27)31-21-16-25-10-8-9-13-29(25)33(30)31/h5-22H,1-4H3. The van der Waals surface area contributed by atoms with E-state index in [1.54, 1.807) is 0 Å². The van der Waals surface area contributed by atoms with E-state index in [0.29, 0.717) is 5.56 Å². The Hall–Kier alpha value is -4.17. The molecule has 1 aliphatic carbocycles. The third-order valence-corrected chi connectivity index (χ3v) is 9.23. The van der Waals surface area contributed by atoms with Crippen LogP contribution in [0.1, 0.15) is 55.5 Å². The quantitative estimate of drug-likeness (QED) is 0.229. The molecule has 1 atom stereocenters. The molecule has 194 valence electrons. The van der Waals surface area contributed by atoms with E-state index in [0.717, 1.165) is 11.0 Å². The van der Waals surface area contributed by atoms with E-state index in [1.165, 1.54) is 38.6 Å². The summed E-state index contributed by atoms with van der Waals surface area (Å²) in [6, 6.07) is 40.9. The van der Waals surface area contributed by atoms with Crippen molar-refractivity contribution in [3.05, 3.63) is 137 Å². The predicted molar refractivity (Wildman–Crippen MR) is 162 cm³/mol. The molecule has 1 heterocycles. The van der Waals surface area contributed by atoms with Gasteiger partial charge in [-0.25, -0.2) is 0 Å². The lowest BCUT2D eigenvalue weighted by Crippen LogP contribution is -2.41. The molecule has 5 aromatic carbocycles. The van der Waals surface area contributed by atoms with Crippen LogP contribution in [0.3, 0.4) is 0 Å². The summed E-state index contributed by atoms with van der Waals surface area (Å²) in [4.78, 5) is 0. The van der Waals surface area contributed by atoms with Crippen molar-refractivity contribution in [2.24, 2.45) is 0 Å². The fraction of sp³-hybridized carbons (Fsp3) is 0.194. The highest BCUT2D eigenvalue weighted by atomic mass is 16.7. The normalized spacial score (nSPS) is 20.2. The minimum atomic E-state index is -0.580. The summed E-state index contributed by atoms with van der Waals surface area (Å²) in [5.74, 6) is 0. The molecule has 4 heteroatoms. The molecule has 0 saturated carbocycles. The third-order valence-electron chi connectivity index (χ3n) is 9.23. The first-order chi connectivity index (χ1) is 19.3. The first-order valence-corrected chi connectivity index (χ1v) is 13.9. The summed E-state index contributed by atoms with van der Waals surface area (Å²) in [6.45, 7) is 8.36. The monoisotopic (exact) mass is 519 g/mol. The fourth-order valence-corrected chi connectivity index (χ4v) is 6.51. The highest BCUT2D eigenvalue weighted by Gasteiger charge is 2.53. The average molecular weight is 519 g/mol. The van der Waals surface area contributed by atoms with E-state index in [4.69, 9.17) is 9.31 Å². The van der Waals surface area contributed by atoms with E-state index >= 15 is 0 Å².